The highest BCUT2D eigenvalue weighted by atomic mass is 19.1. The van der Waals surface area contributed by atoms with Gasteiger partial charge in [-0.1, -0.05) is 17.3 Å². The van der Waals surface area contributed by atoms with Crippen LogP contribution in [0, 0.1) is 12.7 Å². The summed E-state index contributed by atoms with van der Waals surface area (Å²) in [6, 6.07) is 7.84. The number of nitrogens with zero attached hydrogens (tertiary/aromatic N) is 2. The van der Waals surface area contributed by atoms with E-state index < -0.39 is 5.82 Å². The molecule has 0 radical (unpaired) electrons. The summed E-state index contributed by atoms with van der Waals surface area (Å²) in [4.78, 5) is 17.0. The van der Waals surface area contributed by atoms with Crippen molar-refractivity contribution in [2.24, 2.45) is 0 Å². The molecule has 0 aliphatic carbocycles. The number of pyridine rings is 1. The van der Waals surface area contributed by atoms with Crippen molar-refractivity contribution in [3.05, 3.63) is 47.4 Å². The largest absolute Gasteiger partial charge is 0.382 e. The van der Waals surface area contributed by atoms with E-state index in [-0.39, 0.29) is 11.6 Å². The lowest BCUT2D eigenvalue weighted by atomic mass is 10.0. The predicted molar refractivity (Wildman–Crippen MR) is 95.4 cm³/mol. The fourth-order valence-corrected chi connectivity index (χ4v) is 2.70. The van der Waals surface area contributed by atoms with Gasteiger partial charge in [-0.05, 0) is 38.5 Å². The highest BCUT2D eigenvalue weighted by Gasteiger charge is 2.20. The van der Waals surface area contributed by atoms with E-state index >= 15 is 0 Å². The first kappa shape index (κ1) is 18.0. The third-order valence-electron chi connectivity index (χ3n) is 3.97. The third-order valence-corrected chi connectivity index (χ3v) is 3.97. The highest BCUT2D eigenvalue weighted by molar-refractivity contribution is 6.07. The Kier molecular flexibility index (Phi) is 5.58. The van der Waals surface area contributed by atoms with Crippen molar-refractivity contribution >= 4 is 17.0 Å². The summed E-state index contributed by atoms with van der Waals surface area (Å²) in [6.45, 7) is 5.36. The standard InChI is InChI=1S/C19H20FN3O3/c1-3-25-10-6-9-21-18(24)14-11-16(13-7-4-5-8-15(13)20)22-19-17(14)12(2)23-26-19/h4-5,7-8,11H,3,6,9-10H2,1-2H3,(H,21,24). The number of carbonyl (C=O) groups is 1. The summed E-state index contributed by atoms with van der Waals surface area (Å²) in [5.74, 6) is -0.698. The topological polar surface area (TPSA) is 77.2 Å². The number of benzene rings is 1. The molecule has 0 atom stereocenters. The molecule has 0 spiro atoms. The van der Waals surface area contributed by atoms with Crippen LogP contribution >= 0.6 is 0 Å². The Bertz CT molecular complexity index is 924. The van der Waals surface area contributed by atoms with Crippen molar-refractivity contribution in [3.8, 4) is 11.3 Å². The molecule has 0 aliphatic heterocycles. The van der Waals surface area contributed by atoms with Crippen LogP contribution in [-0.2, 0) is 4.74 Å². The number of nitrogens with one attached hydrogen (secondary N) is 1. The zero-order valence-corrected chi connectivity index (χ0v) is 14.7. The van der Waals surface area contributed by atoms with Crippen molar-refractivity contribution in [1.82, 2.24) is 15.5 Å². The highest BCUT2D eigenvalue weighted by Crippen LogP contribution is 2.28. The lowest BCUT2D eigenvalue weighted by Gasteiger charge is -2.09. The van der Waals surface area contributed by atoms with Gasteiger partial charge in [0.15, 0.2) is 0 Å². The Morgan fingerprint density at radius 2 is 2.15 bits per heavy atom. The maximum atomic E-state index is 14.1. The van der Waals surface area contributed by atoms with E-state index in [4.69, 9.17) is 9.26 Å². The van der Waals surface area contributed by atoms with E-state index in [1.54, 1.807) is 31.2 Å². The van der Waals surface area contributed by atoms with Gasteiger partial charge >= 0.3 is 0 Å². The number of aromatic nitrogens is 2. The summed E-state index contributed by atoms with van der Waals surface area (Å²) >= 11 is 0. The van der Waals surface area contributed by atoms with Crippen LogP contribution in [-0.4, -0.2) is 35.8 Å². The van der Waals surface area contributed by atoms with Gasteiger partial charge in [-0.2, -0.15) is 0 Å². The van der Waals surface area contributed by atoms with Crippen LogP contribution in [0.1, 0.15) is 29.4 Å². The molecule has 136 valence electrons. The van der Waals surface area contributed by atoms with Crippen LogP contribution in [0.25, 0.3) is 22.4 Å². The molecule has 0 saturated heterocycles. The van der Waals surface area contributed by atoms with Gasteiger partial charge in [0.2, 0.25) is 0 Å². The molecule has 0 bridgehead atoms. The SMILES string of the molecule is CCOCCCNC(=O)c1cc(-c2ccccc2F)nc2onc(C)c12. The molecule has 0 fully saturated rings. The molecule has 1 N–H and O–H groups in total. The Hall–Kier alpha value is -2.80. The van der Waals surface area contributed by atoms with Gasteiger partial charge in [0.1, 0.15) is 5.82 Å². The fourth-order valence-electron chi connectivity index (χ4n) is 2.70. The first-order valence-corrected chi connectivity index (χ1v) is 8.49. The van der Waals surface area contributed by atoms with E-state index in [0.717, 1.165) is 0 Å². The minimum atomic E-state index is -0.418. The molecule has 0 saturated carbocycles. The summed E-state index contributed by atoms with van der Waals surface area (Å²) < 4.78 is 24.6. The second kappa shape index (κ2) is 8.05. The van der Waals surface area contributed by atoms with Crippen LogP contribution < -0.4 is 5.32 Å². The Labute approximate surface area is 150 Å². The molecule has 3 aromatic rings. The molecule has 3 rings (SSSR count). The first-order valence-electron chi connectivity index (χ1n) is 8.49. The molecule has 0 aliphatic rings. The average molecular weight is 357 g/mol. The number of aryl methyl sites for hydroxylation is 1. The Balaban J connectivity index is 1.94. The minimum absolute atomic E-state index is 0.211. The smallest absolute Gasteiger partial charge is 0.259 e. The quantitative estimate of drug-likeness (QED) is 0.655. The van der Waals surface area contributed by atoms with Gasteiger partial charge in [-0.25, -0.2) is 9.37 Å². The summed E-state index contributed by atoms with van der Waals surface area (Å²) in [5, 5.41) is 7.27. The second-order valence-electron chi connectivity index (χ2n) is 5.79. The number of hydrogen-bond acceptors (Lipinski definition) is 5. The van der Waals surface area contributed by atoms with E-state index in [9.17, 15) is 9.18 Å². The molecule has 1 aromatic carbocycles. The maximum Gasteiger partial charge on any atom is 0.259 e. The van der Waals surface area contributed by atoms with Crippen molar-refractivity contribution < 1.29 is 18.4 Å². The maximum absolute atomic E-state index is 14.1. The van der Waals surface area contributed by atoms with Crippen molar-refractivity contribution in [2.45, 2.75) is 20.3 Å². The Morgan fingerprint density at radius 1 is 1.35 bits per heavy atom. The second-order valence-corrected chi connectivity index (χ2v) is 5.79. The van der Waals surface area contributed by atoms with Crippen molar-refractivity contribution in [2.75, 3.05) is 19.8 Å². The van der Waals surface area contributed by atoms with Gasteiger partial charge in [0.25, 0.3) is 11.6 Å². The van der Waals surface area contributed by atoms with Crippen LogP contribution in [0.4, 0.5) is 4.39 Å². The molecule has 1 amide bonds. The zero-order chi connectivity index (χ0) is 18.5. The molecule has 2 heterocycles. The number of ether oxygens (including phenoxy) is 1. The van der Waals surface area contributed by atoms with Crippen LogP contribution in [0.15, 0.2) is 34.9 Å². The fraction of sp³-hybridized carbons (Fsp3) is 0.316. The number of carbonyl (C=O) groups excluding carboxylic acids is 1. The van der Waals surface area contributed by atoms with Gasteiger partial charge in [0.05, 0.1) is 22.3 Å². The van der Waals surface area contributed by atoms with Crippen molar-refractivity contribution in [1.29, 1.82) is 0 Å². The summed E-state index contributed by atoms with van der Waals surface area (Å²) in [5.41, 5.74) is 1.76. The van der Waals surface area contributed by atoms with Crippen LogP contribution in [0.2, 0.25) is 0 Å². The van der Waals surface area contributed by atoms with E-state index in [1.807, 2.05) is 6.92 Å². The molecule has 2 aromatic heterocycles. The third kappa shape index (κ3) is 3.72. The van der Waals surface area contributed by atoms with Gasteiger partial charge < -0.3 is 14.6 Å². The number of hydrogen-bond donors (Lipinski definition) is 1. The molecular weight excluding hydrogens is 337 g/mol. The molecular formula is C19H20FN3O3. The van der Waals surface area contributed by atoms with Gasteiger partial charge in [-0.15, -0.1) is 0 Å². The van der Waals surface area contributed by atoms with Crippen LogP contribution in [0.5, 0.6) is 0 Å². The average Bonchev–Trinajstić information content (AvgIpc) is 3.02. The molecule has 26 heavy (non-hydrogen) atoms. The molecule has 6 nitrogen and oxygen atoms in total. The van der Waals surface area contributed by atoms with Crippen molar-refractivity contribution in [3.63, 3.8) is 0 Å². The monoisotopic (exact) mass is 357 g/mol. The Morgan fingerprint density at radius 3 is 2.92 bits per heavy atom. The van der Waals surface area contributed by atoms with E-state index in [0.29, 0.717) is 54.1 Å². The van der Waals surface area contributed by atoms with E-state index in [1.165, 1.54) is 6.07 Å². The van der Waals surface area contributed by atoms with E-state index in [2.05, 4.69) is 15.5 Å². The zero-order valence-electron chi connectivity index (χ0n) is 14.7. The number of fused-ring (bicyclic) bond motifs is 1. The normalized spacial score (nSPS) is 11.0. The summed E-state index contributed by atoms with van der Waals surface area (Å²) in [7, 11) is 0. The van der Waals surface area contributed by atoms with Gasteiger partial charge in [-0.3, -0.25) is 4.79 Å². The minimum Gasteiger partial charge on any atom is -0.382 e. The summed E-state index contributed by atoms with van der Waals surface area (Å²) in [6.07, 6.45) is 0.705. The predicted octanol–water partition coefficient (Wildman–Crippen LogP) is 3.49. The van der Waals surface area contributed by atoms with Crippen LogP contribution in [0.3, 0.4) is 0 Å². The van der Waals surface area contributed by atoms with Gasteiger partial charge in [0, 0.05) is 25.3 Å². The first-order chi connectivity index (χ1) is 12.6. The number of rotatable bonds is 7. The lowest BCUT2D eigenvalue weighted by molar-refractivity contribution is 0.0945. The molecule has 7 heteroatoms. The molecule has 0 unspecified atom stereocenters. The number of amides is 1. The lowest BCUT2D eigenvalue weighted by Crippen LogP contribution is -2.25. The number of halogens is 1.